The Morgan fingerprint density at radius 2 is 1.75 bits per heavy atom. The number of hydrogen-bond donors (Lipinski definition) is 0. The molecular weight excluding hydrogens is 291 g/mol. The van der Waals surface area contributed by atoms with Crippen molar-refractivity contribution in [1.82, 2.24) is 0 Å². The monoisotopic (exact) mass is 297 g/mol. The minimum Gasteiger partial charge on any atom is -0.404 e. The van der Waals surface area contributed by atoms with Crippen LogP contribution in [0.3, 0.4) is 0 Å². The van der Waals surface area contributed by atoms with E-state index in [-0.39, 0.29) is 5.56 Å². The lowest BCUT2D eigenvalue weighted by Gasteiger charge is -2.12. The third-order valence-corrected chi connectivity index (χ3v) is 2.72. The predicted octanol–water partition coefficient (Wildman–Crippen LogP) is 4.78. The molecule has 0 radical (unpaired) electrons. The van der Waals surface area contributed by atoms with E-state index in [0.717, 1.165) is 6.07 Å². The van der Waals surface area contributed by atoms with Crippen molar-refractivity contribution in [1.29, 1.82) is 5.26 Å². The maximum Gasteiger partial charge on any atom is 0.573 e. The van der Waals surface area contributed by atoms with Crippen molar-refractivity contribution < 1.29 is 17.9 Å². The zero-order valence-corrected chi connectivity index (χ0v) is 10.7. The van der Waals surface area contributed by atoms with Crippen LogP contribution in [0.4, 0.5) is 13.2 Å². The topological polar surface area (TPSA) is 33.0 Å². The maximum atomic E-state index is 12.3. The van der Waals surface area contributed by atoms with Crippen LogP contribution in [0.2, 0.25) is 5.02 Å². The molecule has 2 aromatic rings. The number of hydrogen-bond acceptors (Lipinski definition) is 2. The SMILES string of the molecule is N#Cc1ccc(-c2cccc(Cl)c2)cc1OC(F)(F)F. The molecule has 0 aliphatic rings. The van der Waals surface area contributed by atoms with E-state index < -0.39 is 12.1 Å². The van der Waals surface area contributed by atoms with Gasteiger partial charge in [0.15, 0.2) is 0 Å². The second-order valence-corrected chi connectivity index (χ2v) is 4.32. The van der Waals surface area contributed by atoms with Gasteiger partial charge in [-0.2, -0.15) is 5.26 Å². The molecule has 0 unspecified atom stereocenters. The summed E-state index contributed by atoms with van der Waals surface area (Å²) in [4.78, 5) is 0. The van der Waals surface area contributed by atoms with Crippen LogP contribution in [0.1, 0.15) is 5.56 Å². The normalized spacial score (nSPS) is 10.9. The van der Waals surface area contributed by atoms with E-state index in [4.69, 9.17) is 16.9 Å². The molecule has 6 heteroatoms. The lowest BCUT2D eigenvalue weighted by Crippen LogP contribution is -2.17. The van der Waals surface area contributed by atoms with Gasteiger partial charge in [0.05, 0.1) is 5.56 Å². The summed E-state index contributed by atoms with van der Waals surface area (Å²) in [7, 11) is 0. The number of alkyl halides is 3. The molecule has 2 aromatic carbocycles. The fraction of sp³-hybridized carbons (Fsp3) is 0.0714. The molecule has 0 amide bonds. The molecule has 0 atom stereocenters. The predicted molar refractivity (Wildman–Crippen MR) is 68.3 cm³/mol. The molecule has 20 heavy (non-hydrogen) atoms. The van der Waals surface area contributed by atoms with E-state index in [2.05, 4.69) is 4.74 Å². The molecule has 0 spiro atoms. The standard InChI is InChI=1S/C14H7ClF3NO/c15-12-3-1-2-9(6-12)10-4-5-11(8-19)13(7-10)20-14(16,17)18/h1-7H. The number of nitriles is 1. The van der Waals surface area contributed by atoms with Crippen LogP contribution in [-0.4, -0.2) is 6.36 Å². The summed E-state index contributed by atoms with van der Waals surface area (Å²) in [6, 6.07) is 12.3. The molecule has 2 rings (SSSR count). The lowest BCUT2D eigenvalue weighted by atomic mass is 10.0. The van der Waals surface area contributed by atoms with Crippen LogP contribution >= 0.6 is 11.6 Å². The highest BCUT2D eigenvalue weighted by Gasteiger charge is 2.32. The first-order valence-electron chi connectivity index (χ1n) is 5.45. The third kappa shape index (κ3) is 3.43. The number of ether oxygens (including phenoxy) is 1. The minimum absolute atomic E-state index is 0.187. The fourth-order valence-electron chi connectivity index (χ4n) is 1.67. The van der Waals surface area contributed by atoms with Gasteiger partial charge >= 0.3 is 6.36 Å². The first-order chi connectivity index (χ1) is 9.39. The molecule has 0 saturated carbocycles. The van der Waals surface area contributed by atoms with Crippen LogP contribution in [0.15, 0.2) is 42.5 Å². The quantitative estimate of drug-likeness (QED) is 0.799. The van der Waals surface area contributed by atoms with Crippen molar-refractivity contribution in [3.63, 3.8) is 0 Å². The molecule has 0 N–H and O–H groups in total. The minimum atomic E-state index is -4.85. The van der Waals surface area contributed by atoms with Gasteiger partial charge in [0.2, 0.25) is 0 Å². The zero-order valence-electron chi connectivity index (χ0n) is 9.91. The van der Waals surface area contributed by atoms with Crippen molar-refractivity contribution >= 4 is 11.6 Å². The Morgan fingerprint density at radius 1 is 1.05 bits per heavy atom. The Balaban J connectivity index is 2.47. The Morgan fingerprint density at radius 3 is 2.35 bits per heavy atom. The molecule has 102 valence electrons. The van der Waals surface area contributed by atoms with Gasteiger partial charge in [-0.15, -0.1) is 13.2 Å². The Hall–Kier alpha value is -2.19. The van der Waals surface area contributed by atoms with Crippen LogP contribution in [0, 0.1) is 11.3 Å². The molecule has 0 aliphatic heterocycles. The molecule has 0 saturated heterocycles. The van der Waals surface area contributed by atoms with E-state index in [1.165, 1.54) is 12.1 Å². The van der Waals surface area contributed by atoms with E-state index >= 15 is 0 Å². The van der Waals surface area contributed by atoms with Gasteiger partial charge in [-0.1, -0.05) is 29.8 Å². The fourth-order valence-corrected chi connectivity index (χ4v) is 1.86. The molecule has 0 heterocycles. The molecule has 0 aliphatic carbocycles. The smallest absolute Gasteiger partial charge is 0.404 e. The molecule has 0 aromatic heterocycles. The molecular formula is C14H7ClF3NO. The van der Waals surface area contributed by atoms with Gasteiger partial charge in [0.1, 0.15) is 11.8 Å². The summed E-state index contributed by atoms with van der Waals surface area (Å²) in [5.41, 5.74) is 0.924. The Bertz CT molecular complexity index is 677. The summed E-state index contributed by atoms with van der Waals surface area (Å²) in [6.45, 7) is 0. The highest BCUT2D eigenvalue weighted by Crippen LogP contribution is 2.31. The van der Waals surface area contributed by atoms with E-state index in [9.17, 15) is 13.2 Å². The van der Waals surface area contributed by atoms with Gasteiger partial charge in [-0.05, 0) is 35.4 Å². The summed E-state index contributed by atoms with van der Waals surface area (Å²) < 4.78 is 40.8. The largest absolute Gasteiger partial charge is 0.573 e. The summed E-state index contributed by atoms with van der Waals surface area (Å²) in [6.07, 6.45) is -4.85. The number of nitrogens with zero attached hydrogens (tertiary/aromatic N) is 1. The Kier molecular flexibility index (Phi) is 3.86. The summed E-state index contributed by atoms with van der Waals surface area (Å²) in [5.74, 6) is -0.530. The van der Waals surface area contributed by atoms with Crippen LogP contribution in [0.5, 0.6) is 5.75 Å². The van der Waals surface area contributed by atoms with Crippen molar-refractivity contribution in [2.75, 3.05) is 0 Å². The Labute approximate surface area is 118 Å². The molecule has 0 fully saturated rings. The third-order valence-electron chi connectivity index (χ3n) is 2.49. The van der Waals surface area contributed by atoms with Crippen molar-refractivity contribution in [3.8, 4) is 22.9 Å². The molecule has 2 nitrogen and oxygen atoms in total. The first kappa shape index (κ1) is 14.2. The number of halogens is 4. The molecule has 0 bridgehead atoms. The average molecular weight is 298 g/mol. The first-order valence-corrected chi connectivity index (χ1v) is 5.83. The van der Waals surface area contributed by atoms with Gasteiger partial charge in [0, 0.05) is 5.02 Å². The zero-order chi connectivity index (χ0) is 14.8. The second-order valence-electron chi connectivity index (χ2n) is 3.88. The van der Waals surface area contributed by atoms with Gasteiger partial charge in [0.25, 0.3) is 0 Å². The van der Waals surface area contributed by atoms with Crippen molar-refractivity contribution in [2.45, 2.75) is 6.36 Å². The lowest BCUT2D eigenvalue weighted by molar-refractivity contribution is -0.274. The highest BCUT2D eigenvalue weighted by atomic mass is 35.5. The van der Waals surface area contributed by atoms with Gasteiger partial charge in [-0.3, -0.25) is 0 Å². The van der Waals surface area contributed by atoms with Crippen molar-refractivity contribution in [2.24, 2.45) is 0 Å². The van der Waals surface area contributed by atoms with Crippen molar-refractivity contribution in [3.05, 3.63) is 53.1 Å². The number of rotatable bonds is 2. The highest BCUT2D eigenvalue weighted by molar-refractivity contribution is 6.30. The summed E-state index contributed by atoms with van der Waals surface area (Å²) in [5, 5.41) is 9.27. The number of benzene rings is 2. The van der Waals surface area contributed by atoms with E-state index in [0.29, 0.717) is 16.1 Å². The summed E-state index contributed by atoms with van der Waals surface area (Å²) >= 11 is 5.84. The van der Waals surface area contributed by atoms with Gasteiger partial charge < -0.3 is 4.74 Å². The van der Waals surface area contributed by atoms with E-state index in [1.54, 1.807) is 30.3 Å². The average Bonchev–Trinajstić information content (AvgIpc) is 2.37. The van der Waals surface area contributed by atoms with E-state index in [1.807, 2.05) is 0 Å². The maximum absolute atomic E-state index is 12.3. The van der Waals surface area contributed by atoms with Crippen LogP contribution < -0.4 is 4.74 Å². The van der Waals surface area contributed by atoms with Crippen LogP contribution in [0.25, 0.3) is 11.1 Å². The second kappa shape index (κ2) is 5.43. The van der Waals surface area contributed by atoms with Crippen LogP contribution in [-0.2, 0) is 0 Å². The van der Waals surface area contributed by atoms with Gasteiger partial charge in [-0.25, -0.2) is 0 Å².